The first kappa shape index (κ1) is 19.8. The summed E-state index contributed by atoms with van der Waals surface area (Å²) in [5.41, 5.74) is 0.841. The lowest BCUT2D eigenvalue weighted by molar-refractivity contribution is 0.0959. The molecule has 1 heterocycles. The normalized spacial score (nSPS) is 15.2. The van der Waals surface area contributed by atoms with Crippen molar-refractivity contribution in [2.75, 3.05) is 36.0 Å². The number of piperidine rings is 1. The van der Waals surface area contributed by atoms with E-state index in [1.807, 2.05) is 0 Å². The Bertz CT molecular complexity index is 745. The molecule has 10 heteroatoms. The molecule has 3 N–H and O–H groups in total. The fourth-order valence-electron chi connectivity index (χ4n) is 2.65. The van der Waals surface area contributed by atoms with E-state index in [0.29, 0.717) is 43.9 Å². The third-order valence-electron chi connectivity index (χ3n) is 3.78. The second kappa shape index (κ2) is 8.75. The van der Waals surface area contributed by atoms with Crippen molar-refractivity contribution >= 4 is 33.5 Å². The molecular formula is C16H24N4O5S. The quantitative estimate of drug-likeness (QED) is 0.716. The molecule has 0 saturated carbocycles. The molecule has 0 spiro atoms. The summed E-state index contributed by atoms with van der Waals surface area (Å²) in [6.45, 7) is 3.15. The molecule has 0 aliphatic carbocycles. The number of amides is 3. The number of nitrogens with one attached hydrogen (secondary N) is 3. The number of rotatable bonds is 5. The van der Waals surface area contributed by atoms with Crippen LogP contribution < -0.4 is 15.4 Å². The average molecular weight is 384 g/mol. The predicted molar refractivity (Wildman–Crippen MR) is 98.7 cm³/mol. The van der Waals surface area contributed by atoms with E-state index >= 15 is 0 Å². The SMILES string of the molecule is CCOC(=O)N1CCC(NC(=O)Nc2cccc(NS(C)(=O)=O)c2)CC1. The Morgan fingerprint density at radius 2 is 1.88 bits per heavy atom. The van der Waals surface area contributed by atoms with Crippen LogP contribution in [0, 0.1) is 0 Å². The minimum atomic E-state index is -3.38. The van der Waals surface area contributed by atoms with E-state index in [4.69, 9.17) is 4.74 Å². The zero-order valence-corrected chi connectivity index (χ0v) is 15.6. The fourth-order valence-corrected chi connectivity index (χ4v) is 3.20. The number of likely N-dealkylation sites (tertiary alicyclic amines) is 1. The molecule has 0 bridgehead atoms. The van der Waals surface area contributed by atoms with Crippen molar-refractivity contribution in [2.45, 2.75) is 25.8 Å². The van der Waals surface area contributed by atoms with Crippen LogP contribution >= 0.6 is 0 Å². The van der Waals surface area contributed by atoms with E-state index in [1.54, 1.807) is 30.0 Å². The highest BCUT2D eigenvalue weighted by Gasteiger charge is 2.24. The molecule has 3 amide bonds. The van der Waals surface area contributed by atoms with E-state index < -0.39 is 10.0 Å². The van der Waals surface area contributed by atoms with Gasteiger partial charge in [-0.05, 0) is 38.0 Å². The van der Waals surface area contributed by atoms with Gasteiger partial charge in [-0.1, -0.05) is 6.07 Å². The monoisotopic (exact) mass is 384 g/mol. The zero-order valence-electron chi connectivity index (χ0n) is 14.8. The van der Waals surface area contributed by atoms with Gasteiger partial charge in [0.2, 0.25) is 10.0 Å². The van der Waals surface area contributed by atoms with Crippen LogP contribution in [-0.4, -0.2) is 57.4 Å². The summed E-state index contributed by atoms with van der Waals surface area (Å²) < 4.78 is 29.8. The van der Waals surface area contributed by atoms with Crippen molar-refractivity contribution in [3.63, 3.8) is 0 Å². The smallest absolute Gasteiger partial charge is 0.409 e. The molecule has 1 fully saturated rings. The number of benzene rings is 1. The maximum atomic E-state index is 12.1. The van der Waals surface area contributed by atoms with Gasteiger partial charge in [-0.25, -0.2) is 18.0 Å². The first-order chi connectivity index (χ1) is 12.3. The molecule has 1 aliphatic rings. The largest absolute Gasteiger partial charge is 0.450 e. The van der Waals surface area contributed by atoms with Gasteiger partial charge in [-0.2, -0.15) is 0 Å². The van der Waals surface area contributed by atoms with E-state index in [1.165, 1.54) is 6.07 Å². The van der Waals surface area contributed by atoms with Gasteiger partial charge in [0.1, 0.15) is 0 Å². The third kappa shape index (κ3) is 6.43. The van der Waals surface area contributed by atoms with Gasteiger partial charge < -0.3 is 20.3 Å². The summed E-state index contributed by atoms with van der Waals surface area (Å²) in [6.07, 6.45) is 2.01. The number of urea groups is 1. The van der Waals surface area contributed by atoms with Crippen LogP contribution in [0.4, 0.5) is 21.0 Å². The Hall–Kier alpha value is -2.49. The standard InChI is InChI=1S/C16H24N4O5S/c1-3-25-16(22)20-9-7-12(8-10-20)17-15(21)18-13-5-4-6-14(11-13)19-26(2,23)24/h4-6,11-12,19H,3,7-10H2,1-2H3,(H2,17,18,21). The summed E-state index contributed by atoms with van der Waals surface area (Å²) in [7, 11) is -3.38. The molecular weight excluding hydrogens is 360 g/mol. The lowest BCUT2D eigenvalue weighted by Gasteiger charge is -2.31. The molecule has 0 unspecified atom stereocenters. The molecule has 0 aromatic heterocycles. The molecule has 2 rings (SSSR count). The maximum absolute atomic E-state index is 12.1. The third-order valence-corrected chi connectivity index (χ3v) is 4.39. The topological polar surface area (TPSA) is 117 Å². The van der Waals surface area contributed by atoms with Crippen LogP contribution in [-0.2, 0) is 14.8 Å². The Morgan fingerprint density at radius 1 is 1.23 bits per heavy atom. The molecule has 1 aromatic rings. The van der Waals surface area contributed by atoms with Gasteiger partial charge in [0, 0.05) is 24.8 Å². The summed E-state index contributed by atoms with van der Waals surface area (Å²) in [4.78, 5) is 25.4. The number of nitrogens with zero attached hydrogens (tertiary/aromatic N) is 1. The number of ether oxygens (including phenoxy) is 1. The van der Waals surface area contributed by atoms with Crippen LogP contribution in [0.3, 0.4) is 0 Å². The number of sulfonamides is 1. The first-order valence-corrected chi connectivity index (χ1v) is 10.2. The van der Waals surface area contributed by atoms with E-state index in [-0.39, 0.29) is 18.2 Å². The van der Waals surface area contributed by atoms with Crippen molar-refractivity contribution in [3.8, 4) is 0 Å². The van der Waals surface area contributed by atoms with Gasteiger partial charge >= 0.3 is 12.1 Å². The molecule has 9 nitrogen and oxygen atoms in total. The fraction of sp³-hybridized carbons (Fsp3) is 0.500. The molecule has 1 aliphatic heterocycles. The average Bonchev–Trinajstić information content (AvgIpc) is 2.54. The molecule has 1 aromatic carbocycles. The summed E-state index contributed by atoms with van der Waals surface area (Å²) >= 11 is 0. The van der Waals surface area contributed by atoms with Crippen molar-refractivity contribution in [1.82, 2.24) is 10.2 Å². The van der Waals surface area contributed by atoms with Crippen LogP contribution in [0.1, 0.15) is 19.8 Å². The Morgan fingerprint density at radius 3 is 2.50 bits per heavy atom. The van der Waals surface area contributed by atoms with Gasteiger partial charge in [0.25, 0.3) is 0 Å². The van der Waals surface area contributed by atoms with Gasteiger partial charge in [0.05, 0.1) is 18.6 Å². The second-order valence-corrected chi connectivity index (χ2v) is 7.76. The molecule has 1 saturated heterocycles. The summed E-state index contributed by atoms with van der Waals surface area (Å²) in [6, 6.07) is 6.01. The van der Waals surface area contributed by atoms with Crippen molar-refractivity contribution in [1.29, 1.82) is 0 Å². The Balaban J connectivity index is 1.83. The molecule has 0 radical (unpaired) electrons. The van der Waals surface area contributed by atoms with Gasteiger partial charge in [-0.3, -0.25) is 4.72 Å². The highest BCUT2D eigenvalue weighted by molar-refractivity contribution is 7.92. The van der Waals surface area contributed by atoms with Crippen LogP contribution in [0.25, 0.3) is 0 Å². The number of carbonyl (C=O) groups is 2. The molecule has 26 heavy (non-hydrogen) atoms. The number of carbonyl (C=O) groups excluding carboxylic acids is 2. The number of hydrogen-bond acceptors (Lipinski definition) is 5. The van der Waals surface area contributed by atoms with Crippen molar-refractivity contribution in [2.24, 2.45) is 0 Å². The lowest BCUT2D eigenvalue weighted by Crippen LogP contribution is -2.47. The lowest BCUT2D eigenvalue weighted by atomic mass is 10.1. The van der Waals surface area contributed by atoms with Crippen LogP contribution in [0.2, 0.25) is 0 Å². The van der Waals surface area contributed by atoms with Gasteiger partial charge in [-0.15, -0.1) is 0 Å². The Kier molecular flexibility index (Phi) is 6.67. The summed E-state index contributed by atoms with van der Waals surface area (Å²) in [5.74, 6) is 0. The predicted octanol–water partition coefficient (Wildman–Crippen LogP) is 1.80. The first-order valence-electron chi connectivity index (χ1n) is 8.34. The van der Waals surface area contributed by atoms with Crippen molar-refractivity contribution in [3.05, 3.63) is 24.3 Å². The Labute approximate surface area is 153 Å². The molecule has 144 valence electrons. The van der Waals surface area contributed by atoms with E-state index in [2.05, 4.69) is 15.4 Å². The zero-order chi connectivity index (χ0) is 19.2. The highest BCUT2D eigenvalue weighted by Crippen LogP contribution is 2.16. The number of anilines is 2. The highest BCUT2D eigenvalue weighted by atomic mass is 32.2. The van der Waals surface area contributed by atoms with Gasteiger partial charge in [0.15, 0.2) is 0 Å². The minimum absolute atomic E-state index is 0.0435. The second-order valence-electron chi connectivity index (χ2n) is 6.01. The van der Waals surface area contributed by atoms with Crippen molar-refractivity contribution < 1.29 is 22.7 Å². The maximum Gasteiger partial charge on any atom is 0.409 e. The van der Waals surface area contributed by atoms with Crippen LogP contribution in [0.5, 0.6) is 0 Å². The molecule has 0 atom stereocenters. The minimum Gasteiger partial charge on any atom is -0.450 e. The van der Waals surface area contributed by atoms with E-state index in [0.717, 1.165) is 6.26 Å². The number of hydrogen-bond donors (Lipinski definition) is 3. The van der Waals surface area contributed by atoms with E-state index in [9.17, 15) is 18.0 Å². The summed E-state index contributed by atoms with van der Waals surface area (Å²) in [5, 5.41) is 5.54. The van der Waals surface area contributed by atoms with Crippen LogP contribution in [0.15, 0.2) is 24.3 Å².